The number of ketones is 1. The number of aromatic nitrogens is 10. The summed E-state index contributed by atoms with van der Waals surface area (Å²) in [6.45, 7) is 21.7. The summed E-state index contributed by atoms with van der Waals surface area (Å²) in [6.07, 6.45) is 21.0. The number of benzene rings is 4. The second-order valence-corrected chi connectivity index (χ2v) is 42.6. The molecule has 5 aliphatic rings. The van der Waals surface area contributed by atoms with Crippen LogP contribution >= 0.6 is 49.6 Å². The maximum atomic E-state index is 13.3. The summed E-state index contributed by atoms with van der Waals surface area (Å²) in [5, 5.41) is 44.1. The molecule has 743 valence electrons. The van der Waals surface area contributed by atoms with Crippen LogP contribution in [0.1, 0.15) is 266 Å². The van der Waals surface area contributed by atoms with Gasteiger partial charge in [-0.05, 0) is 181 Å². The summed E-state index contributed by atoms with van der Waals surface area (Å²) in [7, 11) is 2.49. The zero-order chi connectivity index (χ0) is 94.0. The average molecular weight is 2250 g/mol. The van der Waals surface area contributed by atoms with Crippen molar-refractivity contribution >= 4 is 102 Å². The molecular formula is C93H140ClI2N19O16RuSV. The molecule has 0 fully saturated rings. The van der Waals surface area contributed by atoms with Crippen LogP contribution in [0.15, 0.2) is 149 Å². The smallest absolute Gasteiger partial charge is 0.693 e. The van der Waals surface area contributed by atoms with E-state index in [1.54, 1.807) is 138 Å². The van der Waals surface area contributed by atoms with Crippen molar-refractivity contribution in [2.45, 2.75) is 269 Å². The number of carbonyl (C=O) groups excluding carboxylic acids is 7. The van der Waals surface area contributed by atoms with E-state index >= 15 is 0 Å². The first kappa shape index (κ1) is 131. The number of nitrogens with two attached hydrogens (primary N) is 2. The average Bonchev–Trinajstić information content (AvgIpc) is 1.25. The van der Waals surface area contributed by atoms with Crippen LogP contribution in [0, 0.1) is 35.1 Å². The topological polar surface area (TPSA) is 510 Å². The van der Waals surface area contributed by atoms with Gasteiger partial charge in [-0.2, -0.15) is 25.5 Å². The Bertz CT molecular complexity index is 4880. The third kappa shape index (κ3) is 41.9. The summed E-state index contributed by atoms with van der Waals surface area (Å²) < 4.78 is 59.3. The van der Waals surface area contributed by atoms with E-state index in [1.807, 2.05) is 67.4 Å². The monoisotopic (exact) mass is 2250 g/mol. The fourth-order valence-electron chi connectivity index (χ4n) is 14.7. The molecule has 0 bridgehead atoms. The molecule has 7 N–H and O–H groups in total. The minimum atomic E-state index is -3.71. The van der Waals surface area contributed by atoms with E-state index in [0.717, 1.165) is 153 Å². The fourth-order valence-corrected chi connectivity index (χ4v) is 16.5. The fraction of sp³-hybridized carbons (Fsp3) is 0.495. The van der Waals surface area contributed by atoms with Crippen LogP contribution in [0.5, 0.6) is 0 Å². The summed E-state index contributed by atoms with van der Waals surface area (Å²) >= 11 is 6.56. The molecule has 0 amide bonds. The zero-order valence-electron chi connectivity index (χ0n) is 74.8. The van der Waals surface area contributed by atoms with Gasteiger partial charge in [0.15, 0.2) is 15.6 Å². The van der Waals surface area contributed by atoms with Crippen LogP contribution in [-0.4, -0.2) is 150 Å². The summed E-state index contributed by atoms with van der Waals surface area (Å²) in [4.78, 5) is 82.4. The van der Waals surface area contributed by atoms with E-state index in [0.29, 0.717) is 65.6 Å². The Kier molecular flexibility index (Phi) is 70.8. The molecule has 4 aromatic carbocycles. The number of azide groups is 2. The van der Waals surface area contributed by atoms with Gasteiger partial charge in [0.1, 0.15) is 39.5 Å². The van der Waals surface area contributed by atoms with Gasteiger partial charge in [0, 0.05) is 80.1 Å². The number of nitrogens with one attached hydrogen (secondary N) is 1. The number of aliphatic hydroxyl groups excluding tert-OH is 2. The second kappa shape index (κ2) is 72.3. The van der Waals surface area contributed by atoms with Crippen LogP contribution in [0.3, 0.4) is 0 Å². The minimum absolute atomic E-state index is 0. The molecule has 14 rings (SSSR count). The first-order valence-electron chi connectivity index (χ1n) is 41.3. The van der Waals surface area contributed by atoms with Gasteiger partial charge in [-0.1, -0.05) is 172 Å². The second-order valence-electron chi connectivity index (χ2n) is 28.7. The quantitative estimate of drug-likeness (QED) is 0.00829. The molecule has 0 unspecified atom stereocenters. The minimum Gasteiger partial charge on any atom is -0.693 e. The molecular weight excluding hydrogens is 2110 g/mol. The molecule has 6 atom stereocenters. The molecule has 0 spiro atoms. The number of fused-ring (bicyclic) bond motifs is 5. The van der Waals surface area contributed by atoms with Crippen molar-refractivity contribution in [1.82, 2.24) is 48.9 Å². The van der Waals surface area contributed by atoms with Crippen molar-refractivity contribution in [1.29, 1.82) is 0 Å². The van der Waals surface area contributed by atoms with Gasteiger partial charge in [0.25, 0.3) is 0 Å². The maximum absolute atomic E-state index is 13.3. The Morgan fingerprint density at radius 2 is 0.821 bits per heavy atom. The van der Waals surface area contributed by atoms with E-state index in [4.69, 9.17) is 56.1 Å². The van der Waals surface area contributed by atoms with Crippen molar-refractivity contribution in [3.8, 4) is 0 Å². The molecule has 9 aromatic rings. The molecule has 0 saturated heterocycles. The molecule has 0 radical (unpaired) electrons. The molecule has 5 aromatic heterocycles. The van der Waals surface area contributed by atoms with Crippen LogP contribution < -0.4 is 5.73 Å². The Balaban J connectivity index is -0.000000726. The molecule has 5 aliphatic carbocycles. The van der Waals surface area contributed by atoms with Crippen molar-refractivity contribution < 1.29 is 103 Å². The predicted octanol–water partition coefficient (Wildman–Crippen LogP) is 21.0. The van der Waals surface area contributed by atoms with E-state index in [2.05, 4.69) is 134 Å². The molecule has 5 heterocycles. The number of hydrogen-bond acceptors (Lipinski definition) is 24. The normalized spacial score (nSPS) is 14.6. The van der Waals surface area contributed by atoms with Gasteiger partial charge in [-0.15, -0.1) is 0 Å². The number of halogens is 3. The standard InChI is InChI=1S/C21H20NO2S.2C11H15N5O2.C11H17N3O2.C11H16N2O3.C11H14N2O3.C9H12.CH4O.CH2O.5CH4.CH3.ClH.2HI.H2N.Ru.V/c1-16-12-14-19(15-13-16)25(23,24)21(18-10-6-3-7-11-18)20(22)17-8-4-2-5-9-17;2*1-2-18-11(17)7-16-10-5-3-4-9(14-15-12)8(10)6-13-16;1-2-16-11(15)7-14-10-5-3-4-9(12)8(10)6-13-14;2*1-2-16-11(15)7-13-9-4-3-5-10(14)8(9)6-12-13;1-7-4-8(2)6-9(3)5-7;2*1-2;;;;;;;;;;;;/h2-15,20-22H,1H3;2*6,9H,2-5,7H2,1H3;6,9H,2-5,7,12H2,1H3;6,10,14H,2-5,7H2,1H3;6H,2-5,7H2,1H3;4-6H,1-3H3;2H,1H3;1H2;5*1H4;1H3;3*1H;1H2;;/q-1;;;;;;;;;;;;;;-1;;;;-1;+4;+2/p-3/t20-,21-;3*9-;10-;;;;;;;;;;;;;;;;/m01010................/s1. The first-order chi connectivity index (χ1) is 61.3. The van der Waals surface area contributed by atoms with Gasteiger partial charge in [0.2, 0.25) is 0 Å². The maximum Gasteiger partial charge on any atom is -0.693 e. The summed E-state index contributed by atoms with van der Waals surface area (Å²) in [5.74, 6) is -1.31. The Labute approximate surface area is 835 Å². The number of aryl methyl sites for hydroxylation is 4. The number of Topliss-reactive ketones (excluding diaryl/α,β-unsaturated/α-hetero) is 1. The van der Waals surface area contributed by atoms with Crippen LogP contribution in [0.2, 0.25) is 0 Å². The Hall–Kier alpha value is -9.05. The molecule has 41 heteroatoms. The summed E-state index contributed by atoms with van der Waals surface area (Å²) in [6, 6.07) is 30.4. The number of ether oxygens (including phenoxy) is 5. The predicted molar refractivity (Wildman–Crippen MR) is 535 cm³/mol. The van der Waals surface area contributed by atoms with Crippen molar-refractivity contribution in [3.05, 3.63) is 264 Å². The number of hydrogen-bond donors (Lipinski definition) is 3. The van der Waals surface area contributed by atoms with E-state index < -0.39 is 27.2 Å². The largest absolute Gasteiger partial charge is 0.693 e. The number of sulfone groups is 1. The number of carbonyl (C=O) groups is 7. The molecule has 134 heavy (non-hydrogen) atoms. The van der Waals surface area contributed by atoms with Gasteiger partial charge in [0.05, 0.1) is 97.9 Å². The molecule has 0 saturated carbocycles. The van der Waals surface area contributed by atoms with Gasteiger partial charge in [-0.3, -0.25) is 52.2 Å². The van der Waals surface area contributed by atoms with Crippen molar-refractivity contribution in [3.63, 3.8) is 0 Å². The van der Waals surface area contributed by atoms with Crippen LogP contribution in [0.25, 0.3) is 32.8 Å². The van der Waals surface area contributed by atoms with E-state index in [1.165, 1.54) is 16.7 Å². The van der Waals surface area contributed by atoms with Gasteiger partial charge < -0.3 is 63.7 Å². The molecule has 0 aliphatic heterocycles. The van der Waals surface area contributed by atoms with Crippen molar-refractivity contribution in [2.75, 3.05) is 40.1 Å². The Morgan fingerprint density at radius 1 is 0.515 bits per heavy atom. The van der Waals surface area contributed by atoms with Crippen LogP contribution in [-0.2, 0) is 154 Å². The number of esters is 5. The third-order valence-corrected chi connectivity index (χ3v) is 22.2. The van der Waals surface area contributed by atoms with E-state index in [-0.39, 0.29) is 142 Å². The van der Waals surface area contributed by atoms with Gasteiger partial charge in [-0.25, -0.2) is 8.42 Å². The SMILES string of the molecule is C.C.C.C.C.C=O.CCOC(=O)Cn1ncc2c1CCCC2=O.CCOC(=O)Cn1ncc2c1CCC[C@@H]2N=[N+]=[N-].CCOC(=O)Cn1ncc2c1CCC[C@@H]2O.CCOC(=O)Cn1ncc2c1CCC[C@H]2N.CCOC(=O)Cn1ncc2c1CCC[C@H]2N=[N+]=[N-].CO.Cc1cc(C)cc(C)c1.Cc1ccc(S(=O)(=O)[C@@H](c2ccccc2)[C@@H]([NH-])c2ccccc2)cc1.[CH3-].[Cl][Ru+3].[I][V][I].[NH2-]. The zero-order valence-corrected chi connectivity index (χ0v) is 83.8. The molecule has 35 nitrogen and oxygen atoms in total. The summed E-state index contributed by atoms with van der Waals surface area (Å²) in [5.41, 5.74) is 47.4. The first-order valence-corrected chi connectivity index (χ1v) is 54.1. The van der Waals surface area contributed by atoms with Crippen LogP contribution in [0.4, 0.5) is 0 Å². The number of nitrogens with zero attached hydrogens (tertiary/aromatic N) is 16. The van der Waals surface area contributed by atoms with E-state index in [9.17, 15) is 42.3 Å². The van der Waals surface area contributed by atoms with Crippen molar-refractivity contribution in [2.24, 2.45) is 16.0 Å². The number of rotatable bonds is 22. The third-order valence-electron chi connectivity index (χ3n) is 20.0. The Morgan fingerprint density at radius 3 is 1.19 bits per heavy atom. The van der Waals surface area contributed by atoms with Gasteiger partial charge >= 0.3 is 106 Å². The number of aliphatic hydroxyl groups is 2.